The molecule has 0 spiro atoms. The largest absolute Gasteiger partial charge is 0.453 e. The molecule has 0 radical (unpaired) electrons. The second kappa shape index (κ2) is 6.54. The summed E-state index contributed by atoms with van der Waals surface area (Å²) in [5, 5.41) is 13.8. The maximum absolute atomic E-state index is 12.9. The summed E-state index contributed by atoms with van der Waals surface area (Å²) in [6.07, 6.45) is -2.35. The van der Waals surface area contributed by atoms with E-state index in [4.69, 9.17) is 0 Å². The molecular weight excluding hydrogens is 321 g/mol. The van der Waals surface area contributed by atoms with Gasteiger partial charge in [0, 0.05) is 19.1 Å². The Balaban J connectivity index is 1.71. The summed E-state index contributed by atoms with van der Waals surface area (Å²) in [6, 6.07) is 3.50. The van der Waals surface area contributed by atoms with Crippen LogP contribution in [0.2, 0.25) is 0 Å². The van der Waals surface area contributed by atoms with Gasteiger partial charge in [0.05, 0.1) is 0 Å². The summed E-state index contributed by atoms with van der Waals surface area (Å²) < 4.78 is 39.4. The van der Waals surface area contributed by atoms with Crippen LogP contribution in [-0.2, 0) is 6.18 Å². The minimum absolute atomic E-state index is 0.0789. The second-order valence-corrected chi connectivity index (χ2v) is 6.58. The van der Waals surface area contributed by atoms with Crippen LogP contribution in [0.5, 0.6) is 0 Å². The Morgan fingerprint density at radius 2 is 2.08 bits per heavy atom. The number of likely N-dealkylation sites (tertiary alicyclic amines) is 1. The Hall–Kier alpha value is -1.90. The average Bonchev–Trinajstić information content (AvgIpc) is 3.09. The third kappa shape index (κ3) is 3.61. The third-order valence-corrected chi connectivity index (χ3v) is 4.13. The van der Waals surface area contributed by atoms with Gasteiger partial charge in [0.25, 0.3) is 5.82 Å². The van der Waals surface area contributed by atoms with E-state index in [9.17, 15) is 13.2 Å². The van der Waals surface area contributed by atoms with Crippen LogP contribution in [0, 0.1) is 5.92 Å². The molecule has 0 bridgehead atoms. The van der Waals surface area contributed by atoms with Gasteiger partial charge in [0.1, 0.15) is 5.82 Å². The fourth-order valence-corrected chi connectivity index (χ4v) is 3.12. The third-order valence-electron chi connectivity index (χ3n) is 4.13. The number of aromatic nitrogens is 4. The molecule has 3 rings (SSSR count). The first-order chi connectivity index (χ1) is 11.3. The Morgan fingerprint density at radius 3 is 2.79 bits per heavy atom. The van der Waals surface area contributed by atoms with Crippen LogP contribution in [0.15, 0.2) is 12.1 Å². The summed E-state index contributed by atoms with van der Waals surface area (Å²) in [5.74, 6) is -0.126. The fourth-order valence-electron chi connectivity index (χ4n) is 3.12. The highest BCUT2D eigenvalue weighted by atomic mass is 19.4. The molecule has 0 saturated carbocycles. The number of anilines is 1. The summed E-state index contributed by atoms with van der Waals surface area (Å²) in [7, 11) is 0. The molecule has 1 aliphatic rings. The van der Waals surface area contributed by atoms with Gasteiger partial charge in [-0.3, -0.25) is 4.90 Å². The highest BCUT2D eigenvalue weighted by Crippen LogP contribution is 2.27. The SMILES string of the molecule is CC(C)CN1CCC[C@@H]1CNc1ccc2nnc(C(F)(F)F)n2n1. The maximum Gasteiger partial charge on any atom is 0.453 e. The summed E-state index contributed by atoms with van der Waals surface area (Å²) >= 11 is 0. The van der Waals surface area contributed by atoms with E-state index in [0.717, 1.165) is 30.4 Å². The molecule has 6 nitrogen and oxygen atoms in total. The van der Waals surface area contributed by atoms with E-state index < -0.39 is 12.0 Å². The molecule has 1 atom stereocenters. The lowest BCUT2D eigenvalue weighted by Gasteiger charge is -2.26. The van der Waals surface area contributed by atoms with Gasteiger partial charge >= 0.3 is 6.18 Å². The zero-order valence-electron chi connectivity index (χ0n) is 13.7. The lowest BCUT2D eigenvalue weighted by atomic mass is 10.1. The normalized spacial score (nSPS) is 19.5. The quantitative estimate of drug-likeness (QED) is 0.905. The first-order valence-corrected chi connectivity index (χ1v) is 8.12. The van der Waals surface area contributed by atoms with Crippen molar-refractivity contribution in [3.05, 3.63) is 18.0 Å². The standard InChI is InChI=1S/C15H21F3N6/c1-10(2)9-23-7-3-4-11(23)8-19-12-5-6-13-20-21-14(15(16,17)18)24(13)22-12/h5-6,10-11H,3-4,7-9H2,1-2H3,(H,19,22)/t11-/m1/s1. The minimum Gasteiger partial charge on any atom is -0.367 e. The molecule has 9 heteroatoms. The van der Waals surface area contributed by atoms with Crippen molar-refractivity contribution in [2.24, 2.45) is 5.92 Å². The topological polar surface area (TPSA) is 58.3 Å². The van der Waals surface area contributed by atoms with E-state index in [2.05, 4.69) is 39.4 Å². The van der Waals surface area contributed by atoms with Crippen LogP contribution in [0.25, 0.3) is 5.65 Å². The zero-order valence-corrected chi connectivity index (χ0v) is 13.7. The van der Waals surface area contributed by atoms with Gasteiger partial charge in [-0.05, 0) is 37.4 Å². The number of nitrogens with one attached hydrogen (secondary N) is 1. The van der Waals surface area contributed by atoms with E-state index in [-0.39, 0.29) is 5.65 Å². The van der Waals surface area contributed by atoms with E-state index in [0.29, 0.717) is 24.3 Å². The first kappa shape index (κ1) is 16.9. The van der Waals surface area contributed by atoms with Crippen molar-refractivity contribution >= 4 is 11.5 Å². The van der Waals surface area contributed by atoms with Crippen molar-refractivity contribution < 1.29 is 13.2 Å². The minimum atomic E-state index is -4.58. The summed E-state index contributed by atoms with van der Waals surface area (Å²) in [6.45, 7) is 7.13. The molecule has 132 valence electrons. The van der Waals surface area contributed by atoms with Gasteiger partial charge in [-0.2, -0.15) is 17.7 Å². The van der Waals surface area contributed by atoms with Crippen LogP contribution in [0.4, 0.5) is 19.0 Å². The predicted molar refractivity (Wildman–Crippen MR) is 83.7 cm³/mol. The van der Waals surface area contributed by atoms with Crippen molar-refractivity contribution in [3.8, 4) is 0 Å². The van der Waals surface area contributed by atoms with E-state index >= 15 is 0 Å². The smallest absolute Gasteiger partial charge is 0.367 e. The molecule has 1 fully saturated rings. The molecule has 0 aromatic carbocycles. The molecule has 2 aromatic rings. The molecule has 1 aliphatic heterocycles. The Bertz CT molecular complexity index is 696. The van der Waals surface area contributed by atoms with Crippen molar-refractivity contribution in [2.75, 3.05) is 25.0 Å². The number of alkyl halides is 3. The van der Waals surface area contributed by atoms with Crippen LogP contribution in [0.3, 0.4) is 0 Å². The van der Waals surface area contributed by atoms with Gasteiger partial charge in [-0.15, -0.1) is 15.3 Å². The fraction of sp³-hybridized carbons (Fsp3) is 0.667. The molecular formula is C15H21F3N6. The Kier molecular flexibility index (Phi) is 4.62. The lowest BCUT2D eigenvalue weighted by molar-refractivity contribution is -0.146. The summed E-state index contributed by atoms with van der Waals surface area (Å²) in [4.78, 5) is 2.43. The lowest BCUT2D eigenvalue weighted by Crippen LogP contribution is -2.37. The number of hydrogen-bond acceptors (Lipinski definition) is 5. The number of hydrogen-bond donors (Lipinski definition) is 1. The van der Waals surface area contributed by atoms with E-state index in [1.165, 1.54) is 6.07 Å². The Labute approximate surface area is 138 Å². The van der Waals surface area contributed by atoms with Gasteiger partial charge in [-0.25, -0.2) is 0 Å². The zero-order chi connectivity index (χ0) is 17.3. The van der Waals surface area contributed by atoms with Gasteiger partial charge < -0.3 is 5.32 Å². The van der Waals surface area contributed by atoms with Crippen LogP contribution < -0.4 is 5.32 Å². The highest BCUT2D eigenvalue weighted by molar-refractivity contribution is 5.44. The van der Waals surface area contributed by atoms with E-state index in [1.54, 1.807) is 6.07 Å². The Morgan fingerprint density at radius 1 is 1.29 bits per heavy atom. The predicted octanol–water partition coefficient (Wildman–Crippen LogP) is 2.68. The molecule has 1 N–H and O–H groups in total. The molecule has 0 unspecified atom stereocenters. The molecule has 2 aromatic heterocycles. The van der Waals surface area contributed by atoms with Crippen LogP contribution in [-0.4, -0.2) is 50.4 Å². The van der Waals surface area contributed by atoms with Crippen molar-refractivity contribution in [1.29, 1.82) is 0 Å². The summed E-state index contributed by atoms with van der Waals surface area (Å²) in [5.41, 5.74) is 0.0789. The highest BCUT2D eigenvalue weighted by Gasteiger charge is 2.37. The number of nitrogens with zero attached hydrogens (tertiary/aromatic N) is 5. The first-order valence-electron chi connectivity index (χ1n) is 8.12. The molecule has 1 saturated heterocycles. The number of rotatable bonds is 5. The molecule has 3 heterocycles. The monoisotopic (exact) mass is 342 g/mol. The van der Waals surface area contributed by atoms with Crippen LogP contribution in [0.1, 0.15) is 32.5 Å². The maximum atomic E-state index is 12.9. The van der Waals surface area contributed by atoms with E-state index in [1.807, 2.05) is 0 Å². The molecule has 0 amide bonds. The van der Waals surface area contributed by atoms with Gasteiger partial charge in [0.2, 0.25) is 0 Å². The van der Waals surface area contributed by atoms with Gasteiger partial charge in [0.15, 0.2) is 5.65 Å². The number of fused-ring (bicyclic) bond motifs is 1. The second-order valence-electron chi connectivity index (χ2n) is 6.58. The van der Waals surface area contributed by atoms with Crippen molar-refractivity contribution in [2.45, 2.75) is 38.9 Å². The van der Waals surface area contributed by atoms with Crippen molar-refractivity contribution in [3.63, 3.8) is 0 Å². The molecule has 0 aliphatic carbocycles. The van der Waals surface area contributed by atoms with Crippen molar-refractivity contribution in [1.82, 2.24) is 24.7 Å². The van der Waals surface area contributed by atoms with Crippen LogP contribution >= 0.6 is 0 Å². The number of halogens is 3. The molecule has 24 heavy (non-hydrogen) atoms. The van der Waals surface area contributed by atoms with Gasteiger partial charge in [-0.1, -0.05) is 13.8 Å². The average molecular weight is 342 g/mol.